The van der Waals surface area contributed by atoms with Gasteiger partial charge in [0, 0.05) is 6.04 Å². The third kappa shape index (κ3) is 2.56. The maximum Gasteiger partial charge on any atom is 0.251 e. The Morgan fingerprint density at radius 3 is 2.81 bits per heavy atom. The van der Waals surface area contributed by atoms with Crippen molar-refractivity contribution in [2.75, 3.05) is 0 Å². The molecule has 1 aromatic rings. The van der Waals surface area contributed by atoms with E-state index in [0.29, 0.717) is 5.92 Å². The number of aromatic nitrogens is 1. The Labute approximate surface area is 104 Å². The van der Waals surface area contributed by atoms with E-state index >= 15 is 0 Å². The van der Waals surface area contributed by atoms with Crippen molar-refractivity contribution < 1.29 is 8.42 Å². The molecule has 0 aliphatic heterocycles. The van der Waals surface area contributed by atoms with Crippen molar-refractivity contribution in [1.82, 2.24) is 9.71 Å². The van der Waals surface area contributed by atoms with Gasteiger partial charge < -0.3 is 0 Å². The largest absolute Gasteiger partial charge is 0.251 e. The van der Waals surface area contributed by atoms with E-state index in [1.165, 1.54) is 6.20 Å². The molecule has 7 heteroatoms. The monoisotopic (exact) mass is 280 g/mol. The third-order valence-electron chi connectivity index (χ3n) is 2.89. The second kappa shape index (κ2) is 4.60. The van der Waals surface area contributed by atoms with E-state index in [2.05, 4.69) is 16.6 Å². The molecule has 16 heavy (non-hydrogen) atoms. The van der Waals surface area contributed by atoms with E-state index in [4.69, 9.17) is 11.6 Å². The molecule has 1 N–H and O–H groups in total. The fraction of sp³-hybridized carbons (Fsp3) is 0.667. The Bertz CT molecular complexity index is 472. The molecular formula is C9H13ClN2O2S2. The molecule has 90 valence electrons. The summed E-state index contributed by atoms with van der Waals surface area (Å²) < 4.78 is 27.1. The average molecular weight is 281 g/mol. The molecule has 1 aromatic heterocycles. The number of thiazole rings is 1. The van der Waals surface area contributed by atoms with E-state index in [9.17, 15) is 8.42 Å². The second-order valence-electron chi connectivity index (χ2n) is 4.07. The molecule has 4 nitrogen and oxygen atoms in total. The van der Waals surface area contributed by atoms with Gasteiger partial charge in [0.2, 0.25) is 0 Å². The normalized spacial score (nSPS) is 26.1. The number of hydrogen-bond acceptors (Lipinski definition) is 4. The Morgan fingerprint density at radius 2 is 2.31 bits per heavy atom. The van der Waals surface area contributed by atoms with Gasteiger partial charge in [0.25, 0.3) is 10.0 Å². The predicted octanol–water partition coefficient (Wildman–Crippen LogP) is 2.26. The van der Waals surface area contributed by atoms with E-state index in [0.717, 1.165) is 30.6 Å². The molecule has 1 aliphatic carbocycles. The lowest BCUT2D eigenvalue weighted by atomic mass is 10.1. The van der Waals surface area contributed by atoms with Crippen LogP contribution in [0.3, 0.4) is 0 Å². The van der Waals surface area contributed by atoms with Crippen molar-refractivity contribution in [2.24, 2.45) is 5.92 Å². The zero-order chi connectivity index (χ0) is 11.8. The maximum atomic E-state index is 11.9. The maximum absolute atomic E-state index is 11.9. The fourth-order valence-electron chi connectivity index (χ4n) is 1.94. The smallest absolute Gasteiger partial charge is 0.232 e. The minimum absolute atomic E-state index is 0.0471. The van der Waals surface area contributed by atoms with E-state index in [1.54, 1.807) is 0 Å². The van der Waals surface area contributed by atoms with Gasteiger partial charge in [0.1, 0.15) is 0 Å². The lowest BCUT2D eigenvalue weighted by Gasteiger charge is -2.16. The van der Waals surface area contributed by atoms with E-state index in [-0.39, 0.29) is 14.7 Å². The molecule has 1 heterocycles. The van der Waals surface area contributed by atoms with Crippen molar-refractivity contribution in [3.05, 3.63) is 10.7 Å². The number of sulfonamides is 1. The van der Waals surface area contributed by atoms with Crippen LogP contribution in [-0.2, 0) is 10.0 Å². The highest BCUT2D eigenvalue weighted by atomic mass is 35.5. The molecule has 1 fully saturated rings. The van der Waals surface area contributed by atoms with Gasteiger partial charge in [0.05, 0.1) is 6.20 Å². The van der Waals surface area contributed by atoms with Gasteiger partial charge in [-0.15, -0.1) is 0 Å². The Morgan fingerprint density at radius 1 is 1.56 bits per heavy atom. The number of hydrogen-bond donors (Lipinski definition) is 1. The van der Waals surface area contributed by atoms with Crippen molar-refractivity contribution in [3.63, 3.8) is 0 Å². The zero-order valence-corrected chi connectivity index (χ0v) is 11.2. The second-order valence-corrected chi connectivity index (χ2v) is 7.62. The molecule has 1 aliphatic rings. The molecule has 0 spiro atoms. The predicted molar refractivity (Wildman–Crippen MR) is 64.2 cm³/mol. The number of nitrogens with zero attached hydrogens (tertiary/aromatic N) is 1. The van der Waals surface area contributed by atoms with Gasteiger partial charge >= 0.3 is 0 Å². The highest BCUT2D eigenvalue weighted by Gasteiger charge is 2.29. The van der Waals surface area contributed by atoms with Gasteiger partial charge in [-0.3, -0.25) is 0 Å². The summed E-state index contributed by atoms with van der Waals surface area (Å²) >= 11 is 6.61. The molecule has 1 saturated carbocycles. The standard InChI is InChI=1S/C9H13ClN2O2S2/c1-6-3-2-4-7(6)12-16(13,14)8-5-11-9(10)15-8/h5-7,12H,2-4H2,1H3. The first-order chi connectivity index (χ1) is 7.49. The van der Waals surface area contributed by atoms with Crippen LogP contribution in [0.1, 0.15) is 26.2 Å². The summed E-state index contributed by atoms with van der Waals surface area (Å²) in [6, 6.07) is 0.0471. The van der Waals surface area contributed by atoms with Gasteiger partial charge in [0.15, 0.2) is 8.68 Å². The quantitative estimate of drug-likeness (QED) is 0.924. The summed E-state index contributed by atoms with van der Waals surface area (Å²) in [6.45, 7) is 2.07. The summed E-state index contributed by atoms with van der Waals surface area (Å²) in [5.41, 5.74) is 0. The molecule has 0 aromatic carbocycles. The van der Waals surface area contributed by atoms with Gasteiger partial charge in [-0.25, -0.2) is 18.1 Å². The minimum Gasteiger partial charge on any atom is -0.232 e. The van der Waals surface area contributed by atoms with E-state index < -0.39 is 10.0 Å². The molecule has 2 rings (SSSR count). The van der Waals surface area contributed by atoms with Crippen LogP contribution in [0, 0.1) is 5.92 Å². The highest BCUT2D eigenvalue weighted by molar-refractivity contribution is 7.91. The Kier molecular flexibility index (Phi) is 3.53. The fourth-order valence-corrected chi connectivity index (χ4v) is 4.63. The molecule has 2 atom stereocenters. The van der Waals surface area contributed by atoms with Gasteiger partial charge in [-0.05, 0) is 18.8 Å². The Hall–Kier alpha value is -0.170. The first kappa shape index (κ1) is 12.3. The molecule has 0 amide bonds. The summed E-state index contributed by atoms with van der Waals surface area (Å²) in [7, 11) is -3.43. The van der Waals surface area contributed by atoms with Crippen LogP contribution >= 0.6 is 22.9 Å². The van der Waals surface area contributed by atoms with Crippen molar-refractivity contribution in [2.45, 2.75) is 36.4 Å². The molecule has 0 saturated heterocycles. The topological polar surface area (TPSA) is 59.1 Å². The minimum atomic E-state index is -3.43. The molecular weight excluding hydrogens is 268 g/mol. The van der Waals surface area contributed by atoms with Crippen molar-refractivity contribution in [1.29, 1.82) is 0 Å². The van der Waals surface area contributed by atoms with Crippen LogP contribution in [0.25, 0.3) is 0 Å². The molecule has 0 bridgehead atoms. The first-order valence-corrected chi connectivity index (χ1v) is 7.80. The number of nitrogens with one attached hydrogen (secondary N) is 1. The van der Waals surface area contributed by atoms with Crippen LogP contribution in [0.2, 0.25) is 4.47 Å². The lowest BCUT2D eigenvalue weighted by molar-refractivity contribution is 0.477. The zero-order valence-electron chi connectivity index (χ0n) is 8.81. The summed E-state index contributed by atoms with van der Waals surface area (Å²) in [4.78, 5) is 3.74. The van der Waals surface area contributed by atoms with Gasteiger partial charge in [-0.1, -0.05) is 36.3 Å². The van der Waals surface area contributed by atoms with Crippen LogP contribution in [0.4, 0.5) is 0 Å². The summed E-state index contributed by atoms with van der Waals surface area (Å²) in [5, 5.41) is 0. The van der Waals surface area contributed by atoms with E-state index in [1.807, 2.05) is 0 Å². The van der Waals surface area contributed by atoms with Crippen LogP contribution in [0.15, 0.2) is 10.4 Å². The highest BCUT2D eigenvalue weighted by Crippen LogP contribution is 2.28. The summed E-state index contributed by atoms with van der Waals surface area (Å²) in [6.07, 6.45) is 4.37. The lowest BCUT2D eigenvalue weighted by Crippen LogP contribution is -2.36. The molecule has 2 unspecified atom stereocenters. The van der Waals surface area contributed by atoms with Crippen LogP contribution in [0.5, 0.6) is 0 Å². The summed E-state index contributed by atoms with van der Waals surface area (Å²) in [5.74, 6) is 0.401. The van der Waals surface area contributed by atoms with Crippen LogP contribution in [-0.4, -0.2) is 19.4 Å². The van der Waals surface area contributed by atoms with Crippen molar-refractivity contribution in [3.8, 4) is 0 Å². The SMILES string of the molecule is CC1CCCC1NS(=O)(=O)c1cnc(Cl)s1. The van der Waals surface area contributed by atoms with Gasteiger partial charge in [-0.2, -0.15) is 0 Å². The first-order valence-electron chi connectivity index (χ1n) is 5.13. The Balaban J connectivity index is 2.14. The number of rotatable bonds is 3. The average Bonchev–Trinajstić information content (AvgIpc) is 2.77. The third-order valence-corrected chi connectivity index (χ3v) is 5.96. The molecule has 0 radical (unpaired) electrons. The van der Waals surface area contributed by atoms with Crippen molar-refractivity contribution >= 4 is 33.0 Å². The van der Waals surface area contributed by atoms with Crippen LogP contribution < -0.4 is 4.72 Å². The number of halogens is 1.